The fourth-order valence-corrected chi connectivity index (χ4v) is 3.88. The lowest BCUT2D eigenvalue weighted by Gasteiger charge is -2.28. The minimum Gasteiger partial charge on any atom is -0.356 e. The Morgan fingerprint density at radius 2 is 1.68 bits per heavy atom. The molecule has 2 amide bonds. The maximum atomic E-state index is 12.5. The topological polar surface area (TPSA) is 84.2 Å². The number of carbonyl (C=O) groups excluding carboxylic acids is 2. The summed E-state index contributed by atoms with van der Waals surface area (Å²) in [4.78, 5) is 24.9. The number of hydrogen-bond donors (Lipinski definition) is 3. The molecule has 5 heteroatoms. The van der Waals surface area contributed by atoms with Crippen molar-refractivity contribution in [3.63, 3.8) is 0 Å². The van der Waals surface area contributed by atoms with Gasteiger partial charge in [-0.25, -0.2) is 0 Å². The van der Waals surface area contributed by atoms with Crippen LogP contribution < -0.4 is 16.4 Å². The summed E-state index contributed by atoms with van der Waals surface area (Å²) < 4.78 is 0. The Morgan fingerprint density at radius 3 is 2.46 bits per heavy atom. The lowest BCUT2D eigenvalue weighted by molar-refractivity contribution is -0.120. The van der Waals surface area contributed by atoms with Crippen molar-refractivity contribution < 1.29 is 9.59 Å². The highest BCUT2D eigenvalue weighted by Gasteiger charge is 2.21. The molecular formula is C23H29N3O2. The summed E-state index contributed by atoms with van der Waals surface area (Å²) in [6, 6.07) is 16.5. The second-order valence-electron chi connectivity index (χ2n) is 7.59. The monoisotopic (exact) mass is 379 g/mol. The van der Waals surface area contributed by atoms with Crippen LogP contribution in [0.3, 0.4) is 0 Å². The summed E-state index contributed by atoms with van der Waals surface area (Å²) in [5.74, 6) is 0.906. The number of para-hydroxylation sites is 1. The van der Waals surface area contributed by atoms with Crippen LogP contribution in [-0.4, -0.2) is 24.9 Å². The van der Waals surface area contributed by atoms with Crippen LogP contribution >= 0.6 is 0 Å². The van der Waals surface area contributed by atoms with Gasteiger partial charge in [-0.15, -0.1) is 0 Å². The Bertz CT molecular complexity index is 791. The first-order chi connectivity index (χ1) is 13.7. The standard InChI is InChI=1S/C23H29N3O2/c24-15-17-7-6-8-18(13-17)16-25-22(27)14-20-11-4-5-12-21(20)26-23(28)19-9-2-1-3-10-19/h1-5,9-12,17-18H,6-8,13-16,24H2,(H,25,27)(H,26,28). The average Bonchev–Trinajstić information content (AvgIpc) is 2.74. The number of rotatable bonds is 7. The summed E-state index contributed by atoms with van der Waals surface area (Å²) in [6.45, 7) is 1.44. The van der Waals surface area contributed by atoms with Gasteiger partial charge in [0.2, 0.25) is 5.91 Å². The van der Waals surface area contributed by atoms with Gasteiger partial charge in [-0.3, -0.25) is 9.59 Å². The van der Waals surface area contributed by atoms with Crippen molar-refractivity contribution in [2.75, 3.05) is 18.4 Å². The van der Waals surface area contributed by atoms with Crippen LogP contribution in [0, 0.1) is 11.8 Å². The number of nitrogens with one attached hydrogen (secondary N) is 2. The van der Waals surface area contributed by atoms with Gasteiger partial charge in [0.25, 0.3) is 5.91 Å². The van der Waals surface area contributed by atoms with Gasteiger partial charge < -0.3 is 16.4 Å². The van der Waals surface area contributed by atoms with E-state index < -0.39 is 0 Å². The van der Waals surface area contributed by atoms with E-state index in [2.05, 4.69) is 10.6 Å². The van der Waals surface area contributed by atoms with Crippen LogP contribution in [0.2, 0.25) is 0 Å². The SMILES string of the molecule is NCC1CCCC(CNC(=O)Cc2ccccc2NC(=O)c2ccccc2)C1. The van der Waals surface area contributed by atoms with E-state index in [9.17, 15) is 9.59 Å². The van der Waals surface area contributed by atoms with E-state index >= 15 is 0 Å². The van der Waals surface area contributed by atoms with Gasteiger partial charge in [-0.1, -0.05) is 42.8 Å². The highest BCUT2D eigenvalue weighted by molar-refractivity contribution is 6.04. The van der Waals surface area contributed by atoms with E-state index in [0.29, 0.717) is 29.6 Å². The maximum Gasteiger partial charge on any atom is 0.255 e. The molecule has 2 unspecified atom stereocenters. The van der Waals surface area contributed by atoms with Gasteiger partial charge in [0, 0.05) is 17.8 Å². The molecule has 1 aliphatic carbocycles. The molecule has 2 aromatic carbocycles. The molecule has 0 radical (unpaired) electrons. The molecule has 1 fully saturated rings. The molecule has 3 rings (SSSR count). The molecule has 5 nitrogen and oxygen atoms in total. The van der Waals surface area contributed by atoms with Crippen LogP contribution in [0.15, 0.2) is 54.6 Å². The maximum absolute atomic E-state index is 12.5. The number of amides is 2. The molecule has 28 heavy (non-hydrogen) atoms. The predicted molar refractivity (Wildman–Crippen MR) is 112 cm³/mol. The van der Waals surface area contributed by atoms with Crippen molar-refractivity contribution in [1.29, 1.82) is 0 Å². The van der Waals surface area contributed by atoms with E-state index in [4.69, 9.17) is 5.73 Å². The van der Waals surface area contributed by atoms with Gasteiger partial charge in [0.15, 0.2) is 0 Å². The lowest BCUT2D eigenvalue weighted by Crippen LogP contribution is -2.34. The largest absolute Gasteiger partial charge is 0.356 e. The molecular weight excluding hydrogens is 350 g/mol. The molecule has 2 aromatic rings. The van der Waals surface area contributed by atoms with Crippen molar-refractivity contribution in [1.82, 2.24) is 5.32 Å². The van der Waals surface area contributed by atoms with Crippen molar-refractivity contribution in [2.24, 2.45) is 17.6 Å². The molecule has 0 spiro atoms. The molecule has 1 aliphatic rings. The van der Waals surface area contributed by atoms with Crippen LogP contribution in [0.4, 0.5) is 5.69 Å². The van der Waals surface area contributed by atoms with Crippen molar-refractivity contribution in [3.8, 4) is 0 Å². The van der Waals surface area contributed by atoms with E-state index in [0.717, 1.165) is 24.9 Å². The number of hydrogen-bond acceptors (Lipinski definition) is 3. The zero-order valence-electron chi connectivity index (χ0n) is 16.2. The second-order valence-corrected chi connectivity index (χ2v) is 7.59. The van der Waals surface area contributed by atoms with E-state index in [-0.39, 0.29) is 18.2 Å². The minimum absolute atomic E-state index is 0.0173. The molecule has 0 saturated heterocycles. The van der Waals surface area contributed by atoms with Crippen LogP contribution in [0.5, 0.6) is 0 Å². The van der Waals surface area contributed by atoms with Crippen LogP contribution in [0.1, 0.15) is 41.6 Å². The highest BCUT2D eigenvalue weighted by Crippen LogP contribution is 2.27. The number of carbonyl (C=O) groups is 2. The normalized spacial score (nSPS) is 19.0. The molecule has 0 heterocycles. The third-order valence-electron chi connectivity index (χ3n) is 5.47. The Hall–Kier alpha value is -2.66. The zero-order valence-corrected chi connectivity index (χ0v) is 16.2. The number of nitrogens with two attached hydrogens (primary N) is 1. The van der Waals surface area contributed by atoms with E-state index in [1.165, 1.54) is 12.8 Å². The van der Waals surface area contributed by atoms with Crippen LogP contribution in [-0.2, 0) is 11.2 Å². The third-order valence-corrected chi connectivity index (χ3v) is 5.47. The molecule has 148 valence electrons. The first-order valence-electron chi connectivity index (χ1n) is 10.1. The fraction of sp³-hybridized carbons (Fsp3) is 0.391. The minimum atomic E-state index is -0.177. The van der Waals surface area contributed by atoms with Gasteiger partial charge in [-0.2, -0.15) is 0 Å². The summed E-state index contributed by atoms with van der Waals surface area (Å²) >= 11 is 0. The average molecular weight is 380 g/mol. The molecule has 0 aliphatic heterocycles. The Morgan fingerprint density at radius 1 is 0.964 bits per heavy atom. The summed E-state index contributed by atoms with van der Waals surface area (Å²) in [6.07, 6.45) is 4.89. The summed E-state index contributed by atoms with van der Waals surface area (Å²) in [5, 5.41) is 5.98. The number of benzene rings is 2. The van der Waals surface area contributed by atoms with Crippen molar-refractivity contribution in [3.05, 3.63) is 65.7 Å². The molecule has 0 aromatic heterocycles. The predicted octanol–water partition coefficient (Wildman–Crippen LogP) is 3.36. The summed E-state index contributed by atoms with van der Waals surface area (Å²) in [7, 11) is 0. The van der Waals surface area contributed by atoms with Crippen molar-refractivity contribution in [2.45, 2.75) is 32.1 Å². The zero-order chi connectivity index (χ0) is 19.8. The lowest BCUT2D eigenvalue weighted by atomic mass is 9.81. The molecule has 0 bridgehead atoms. The third kappa shape index (κ3) is 5.67. The van der Waals surface area contributed by atoms with Gasteiger partial charge in [0.1, 0.15) is 0 Å². The smallest absolute Gasteiger partial charge is 0.255 e. The van der Waals surface area contributed by atoms with Gasteiger partial charge >= 0.3 is 0 Å². The number of anilines is 1. The van der Waals surface area contributed by atoms with E-state index in [1.807, 2.05) is 42.5 Å². The second kappa shape index (κ2) is 10.0. The van der Waals surface area contributed by atoms with Gasteiger partial charge in [0.05, 0.1) is 6.42 Å². The van der Waals surface area contributed by atoms with Gasteiger partial charge in [-0.05, 0) is 61.4 Å². The molecule has 1 saturated carbocycles. The Balaban J connectivity index is 1.55. The van der Waals surface area contributed by atoms with Crippen molar-refractivity contribution >= 4 is 17.5 Å². The molecule has 2 atom stereocenters. The Kier molecular flexibility index (Phi) is 7.20. The fourth-order valence-electron chi connectivity index (χ4n) is 3.88. The first-order valence-corrected chi connectivity index (χ1v) is 10.1. The van der Waals surface area contributed by atoms with Crippen LogP contribution in [0.25, 0.3) is 0 Å². The summed E-state index contributed by atoms with van der Waals surface area (Å²) in [5.41, 5.74) is 7.88. The first kappa shape index (κ1) is 20.1. The highest BCUT2D eigenvalue weighted by atomic mass is 16.2. The van der Waals surface area contributed by atoms with E-state index in [1.54, 1.807) is 12.1 Å². The molecule has 4 N–H and O–H groups in total. The quantitative estimate of drug-likeness (QED) is 0.690. The Labute approximate surface area is 166 Å².